The van der Waals surface area contributed by atoms with E-state index >= 15 is 0 Å². The van der Waals surface area contributed by atoms with Crippen molar-refractivity contribution < 1.29 is 9.47 Å². The molecule has 1 aromatic carbocycles. The summed E-state index contributed by atoms with van der Waals surface area (Å²) in [4.78, 5) is 0. The lowest BCUT2D eigenvalue weighted by Crippen LogP contribution is -2.40. The van der Waals surface area contributed by atoms with E-state index in [2.05, 4.69) is 37.5 Å². The van der Waals surface area contributed by atoms with E-state index in [0.29, 0.717) is 5.92 Å². The molecule has 2 rings (SSSR count). The molecule has 0 fully saturated rings. The maximum atomic E-state index is 5.86. The molecule has 2 unspecified atom stereocenters. The molecule has 1 aliphatic rings. The fraction of sp³-hybridized carbons (Fsp3) is 0.600. The van der Waals surface area contributed by atoms with Crippen molar-refractivity contribution in [2.24, 2.45) is 11.8 Å². The minimum atomic E-state index is -0.0574. The van der Waals surface area contributed by atoms with Crippen LogP contribution in [0.3, 0.4) is 0 Å². The number of hydrazine groups is 1. The molecule has 106 valence electrons. The monoisotopic (exact) mass is 264 g/mol. The van der Waals surface area contributed by atoms with E-state index in [-0.39, 0.29) is 12.1 Å². The lowest BCUT2D eigenvalue weighted by atomic mass is 9.91. The Kier molecular flexibility index (Phi) is 4.80. The van der Waals surface area contributed by atoms with Crippen LogP contribution in [0.4, 0.5) is 0 Å². The molecule has 0 bridgehead atoms. The average molecular weight is 264 g/mol. The summed E-state index contributed by atoms with van der Waals surface area (Å²) < 4.78 is 11.5. The minimum absolute atomic E-state index is 0.0158. The van der Waals surface area contributed by atoms with Gasteiger partial charge in [-0.25, -0.2) is 0 Å². The van der Waals surface area contributed by atoms with Gasteiger partial charge in [0.25, 0.3) is 0 Å². The number of fused-ring (bicyclic) bond motifs is 1. The molecule has 0 aliphatic carbocycles. The van der Waals surface area contributed by atoms with Crippen molar-refractivity contribution in [3.63, 3.8) is 0 Å². The highest BCUT2D eigenvalue weighted by molar-refractivity contribution is 5.45. The molecule has 0 saturated carbocycles. The van der Waals surface area contributed by atoms with Gasteiger partial charge in [0.15, 0.2) is 0 Å². The first kappa shape index (κ1) is 14.3. The molecule has 4 nitrogen and oxygen atoms in total. The molecule has 0 aromatic heterocycles. The SMILES string of the molecule is COC(C(C)C)C(NN)c1cccc2c1OCCC2. The Morgan fingerprint density at radius 1 is 1.37 bits per heavy atom. The lowest BCUT2D eigenvalue weighted by molar-refractivity contribution is 0.0316. The predicted octanol–water partition coefficient (Wildman–Crippen LogP) is 2.19. The molecule has 4 heteroatoms. The summed E-state index contributed by atoms with van der Waals surface area (Å²) in [6.07, 6.45) is 2.16. The summed E-state index contributed by atoms with van der Waals surface area (Å²) in [5, 5.41) is 0. The maximum Gasteiger partial charge on any atom is 0.127 e. The van der Waals surface area contributed by atoms with Crippen molar-refractivity contribution in [2.75, 3.05) is 13.7 Å². The third-order valence-corrected chi connectivity index (χ3v) is 3.74. The molecule has 0 amide bonds. The molecule has 0 radical (unpaired) electrons. The van der Waals surface area contributed by atoms with Crippen LogP contribution in [-0.4, -0.2) is 19.8 Å². The Morgan fingerprint density at radius 2 is 2.16 bits per heavy atom. The third-order valence-electron chi connectivity index (χ3n) is 3.74. The Morgan fingerprint density at radius 3 is 2.79 bits per heavy atom. The van der Waals surface area contributed by atoms with Crippen LogP contribution in [0.25, 0.3) is 0 Å². The highest BCUT2D eigenvalue weighted by atomic mass is 16.5. The van der Waals surface area contributed by atoms with Gasteiger partial charge in [0, 0.05) is 12.7 Å². The van der Waals surface area contributed by atoms with Crippen LogP contribution >= 0.6 is 0 Å². The Bertz CT molecular complexity index is 421. The number of para-hydroxylation sites is 1. The quantitative estimate of drug-likeness (QED) is 0.632. The summed E-state index contributed by atoms with van der Waals surface area (Å²) in [6.45, 7) is 5.05. The van der Waals surface area contributed by atoms with Gasteiger partial charge in [0.2, 0.25) is 0 Å². The largest absolute Gasteiger partial charge is 0.493 e. The number of hydrogen-bond donors (Lipinski definition) is 2. The lowest BCUT2D eigenvalue weighted by Gasteiger charge is -2.31. The molecule has 0 spiro atoms. The van der Waals surface area contributed by atoms with Crippen LogP contribution in [0, 0.1) is 5.92 Å². The topological polar surface area (TPSA) is 56.5 Å². The molecule has 1 aliphatic heterocycles. The fourth-order valence-electron chi connectivity index (χ4n) is 2.81. The second-order valence-electron chi connectivity index (χ2n) is 5.38. The second-order valence-corrected chi connectivity index (χ2v) is 5.38. The first-order valence-electron chi connectivity index (χ1n) is 6.92. The van der Waals surface area contributed by atoms with E-state index in [1.54, 1.807) is 7.11 Å². The molecule has 19 heavy (non-hydrogen) atoms. The molecular formula is C15H24N2O2. The van der Waals surface area contributed by atoms with Crippen molar-refractivity contribution in [3.05, 3.63) is 29.3 Å². The van der Waals surface area contributed by atoms with Gasteiger partial charge in [-0.3, -0.25) is 11.3 Å². The summed E-state index contributed by atoms with van der Waals surface area (Å²) in [5.41, 5.74) is 5.26. The number of ether oxygens (including phenoxy) is 2. The third kappa shape index (κ3) is 2.91. The highest BCUT2D eigenvalue weighted by Crippen LogP contribution is 2.35. The number of methoxy groups -OCH3 is 1. The van der Waals surface area contributed by atoms with Gasteiger partial charge >= 0.3 is 0 Å². The Balaban J connectivity index is 2.37. The van der Waals surface area contributed by atoms with Crippen molar-refractivity contribution in [2.45, 2.75) is 38.8 Å². The summed E-state index contributed by atoms with van der Waals surface area (Å²) in [5.74, 6) is 7.12. The summed E-state index contributed by atoms with van der Waals surface area (Å²) in [6, 6.07) is 6.21. The van der Waals surface area contributed by atoms with E-state index in [4.69, 9.17) is 15.3 Å². The average Bonchev–Trinajstić information content (AvgIpc) is 2.43. The van der Waals surface area contributed by atoms with E-state index in [1.165, 1.54) is 5.56 Å². The molecule has 2 atom stereocenters. The van der Waals surface area contributed by atoms with Gasteiger partial charge in [-0.15, -0.1) is 0 Å². The van der Waals surface area contributed by atoms with Gasteiger partial charge in [0.1, 0.15) is 5.75 Å². The maximum absolute atomic E-state index is 5.86. The van der Waals surface area contributed by atoms with E-state index in [0.717, 1.165) is 30.8 Å². The molecular weight excluding hydrogens is 240 g/mol. The zero-order valence-electron chi connectivity index (χ0n) is 12.0. The van der Waals surface area contributed by atoms with Gasteiger partial charge in [-0.1, -0.05) is 32.0 Å². The number of rotatable bonds is 5. The molecule has 3 N–H and O–H groups in total. The molecule has 0 saturated heterocycles. The zero-order chi connectivity index (χ0) is 13.8. The minimum Gasteiger partial charge on any atom is -0.493 e. The Hall–Kier alpha value is -1.10. The van der Waals surface area contributed by atoms with Crippen LogP contribution < -0.4 is 16.0 Å². The van der Waals surface area contributed by atoms with Gasteiger partial charge < -0.3 is 9.47 Å². The van der Waals surface area contributed by atoms with Crippen LogP contribution in [0.15, 0.2) is 18.2 Å². The number of hydrogen-bond acceptors (Lipinski definition) is 4. The zero-order valence-corrected chi connectivity index (χ0v) is 12.0. The van der Waals surface area contributed by atoms with Crippen molar-refractivity contribution in [1.82, 2.24) is 5.43 Å². The van der Waals surface area contributed by atoms with Gasteiger partial charge in [0.05, 0.1) is 18.8 Å². The Labute approximate surface area is 115 Å². The van der Waals surface area contributed by atoms with E-state index in [9.17, 15) is 0 Å². The smallest absolute Gasteiger partial charge is 0.127 e. The first-order chi connectivity index (χ1) is 9.19. The predicted molar refractivity (Wildman–Crippen MR) is 76.0 cm³/mol. The van der Waals surface area contributed by atoms with E-state index in [1.807, 2.05) is 0 Å². The number of nitrogens with two attached hydrogens (primary N) is 1. The van der Waals surface area contributed by atoms with Crippen LogP contribution in [0.2, 0.25) is 0 Å². The van der Waals surface area contributed by atoms with Gasteiger partial charge in [-0.05, 0) is 24.3 Å². The van der Waals surface area contributed by atoms with Crippen LogP contribution in [0.1, 0.15) is 37.4 Å². The summed E-state index contributed by atoms with van der Waals surface area (Å²) >= 11 is 0. The standard InChI is InChI=1S/C15H24N2O2/c1-10(2)14(18-3)13(17-16)12-8-4-6-11-7-5-9-19-15(11)12/h4,6,8,10,13-14,17H,5,7,9,16H2,1-3H3. The number of nitrogens with one attached hydrogen (secondary N) is 1. The first-order valence-corrected chi connectivity index (χ1v) is 6.92. The fourth-order valence-corrected chi connectivity index (χ4v) is 2.81. The van der Waals surface area contributed by atoms with Gasteiger partial charge in [-0.2, -0.15) is 0 Å². The summed E-state index contributed by atoms with van der Waals surface area (Å²) in [7, 11) is 1.73. The second kappa shape index (κ2) is 6.37. The number of aryl methyl sites for hydroxylation is 1. The van der Waals surface area contributed by atoms with Crippen molar-refractivity contribution >= 4 is 0 Å². The highest BCUT2D eigenvalue weighted by Gasteiger charge is 2.29. The van der Waals surface area contributed by atoms with Crippen LogP contribution in [-0.2, 0) is 11.2 Å². The van der Waals surface area contributed by atoms with Crippen molar-refractivity contribution in [3.8, 4) is 5.75 Å². The molecule has 1 heterocycles. The van der Waals surface area contributed by atoms with Crippen molar-refractivity contribution in [1.29, 1.82) is 0 Å². The van der Waals surface area contributed by atoms with Crippen LogP contribution in [0.5, 0.6) is 5.75 Å². The molecule has 1 aromatic rings. The normalized spacial score (nSPS) is 17.7. The van der Waals surface area contributed by atoms with E-state index < -0.39 is 0 Å². The number of benzene rings is 1.